The number of hydrogen-bond donors (Lipinski definition) is 1. The van der Waals surface area contributed by atoms with Crippen molar-refractivity contribution in [2.24, 2.45) is 0 Å². The fourth-order valence-corrected chi connectivity index (χ4v) is 2.46. The quantitative estimate of drug-likeness (QED) is 0.908. The number of thiophene rings is 1. The van der Waals surface area contributed by atoms with Crippen molar-refractivity contribution in [3.63, 3.8) is 0 Å². The van der Waals surface area contributed by atoms with E-state index in [4.69, 9.17) is 11.6 Å². The summed E-state index contributed by atoms with van der Waals surface area (Å²) in [6.45, 7) is 3.68. The van der Waals surface area contributed by atoms with Crippen molar-refractivity contribution in [3.05, 3.63) is 46.6 Å². The summed E-state index contributed by atoms with van der Waals surface area (Å²) in [6.07, 6.45) is 0. The summed E-state index contributed by atoms with van der Waals surface area (Å²) in [5.41, 5.74) is 0. The number of hydrogen-bond acceptors (Lipinski definition) is 2. The summed E-state index contributed by atoms with van der Waals surface area (Å²) in [4.78, 5) is 12.2. The molecular formula is C12H9ClFNOS. The number of carbonyl (C=O) groups is 1. The van der Waals surface area contributed by atoms with Crippen molar-refractivity contribution in [2.75, 3.05) is 6.54 Å². The van der Waals surface area contributed by atoms with E-state index in [-0.39, 0.29) is 18.3 Å². The van der Waals surface area contributed by atoms with Gasteiger partial charge in [-0.1, -0.05) is 24.2 Å². The number of carbonyl (C=O) groups excluding carboxylic acids is 1. The smallest absolute Gasteiger partial charge is 0.261 e. The molecular weight excluding hydrogens is 261 g/mol. The first-order valence-corrected chi connectivity index (χ1v) is 6.07. The van der Waals surface area contributed by atoms with Gasteiger partial charge < -0.3 is 5.32 Å². The van der Waals surface area contributed by atoms with E-state index >= 15 is 0 Å². The van der Waals surface area contributed by atoms with Crippen LogP contribution in [0.25, 0.3) is 10.1 Å². The molecule has 2 nitrogen and oxygen atoms in total. The van der Waals surface area contributed by atoms with Crippen molar-refractivity contribution >= 4 is 38.9 Å². The minimum absolute atomic E-state index is 0.205. The molecule has 0 fully saturated rings. The maximum absolute atomic E-state index is 13.4. The molecule has 0 saturated heterocycles. The molecule has 1 aromatic heterocycles. The standard InChI is InChI=1S/C12H9ClFNOS/c1-7(13)6-15-12(16)11-5-8-9(14)3-2-4-10(8)17-11/h2-5H,1,6H2,(H,15,16). The van der Waals surface area contributed by atoms with Crippen LogP contribution in [0.15, 0.2) is 35.9 Å². The van der Waals surface area contributed by atoms with Gasteiger partial charge in [-0.15, -0.1) is 11.3 Å². The Bertz CT molecular complexity index is 593. The Morgan fingerprint density at radius 1 is 1.53 bits per heavy atom. The van der Waals surface area contributed by atoms with Crippen LogP contribution >= 0.6 is 22.9 Å². The van der Waals surface area contributed by atoms with Crippen LogP contribution in [0, 0.1) is 5.82 Å². The Labute approximate surface area is 107 Å². The number of nitrogens with one attached hydrogen (secondary N) is 1. The molecule has 0 atom stereocenters. The third-order valence-electron chi connectivity index (χ3n) is 2.17. The van der Waals surface area contributed by atoms with Gasteiger partial charge in [0.25, 0.3) is 5.91 Å². The van der Waals surface area contributed by atoms with Crippen LogP contribution in [0.3, 0.4) is 0 Å². The van der Waals surface area contributed by atoms with Gasteiger partial charge in [0, 0.05) is 15.1 Å². The maximum Gasteiger partial charge on any atom is 0.261 e. The Morgan fingerprint density at radius 2 is 2.29 bits per heavy atom. The highest BCUT2D eigenvalue weighted by Crippen LogP contribution is 2.27. The summed E-state index contributed by atoms with van der Waals surface area (Å²) < 4.78 is 14.2. The molecule has 1 N–H and O–H groups in total. The van der Waals surface area contributed by atoms with Gasteiger partial charge in [-0.05, 0) is 18.2 Å². The van der Waals surface area contributed by atoms with Crippen LogP contribution in [0.2, 0.25) is 0 Å². The normalized spacial score (nSPS) is 10.5. The number of amides is 1. The van der Waals surface area contributed by atoms with Crippen LogP contribution in [0.1, 0.15) is 9.67 Å². The first-order chi connectivity index (χ1) is 8.08. The molecule has 5 heteroatoms. The Hall–Kier alpha value is -1.39. The van der Waals surface area contributed by atoms with E-state index in [0.717, 1.165) is 4.70 Å². The first-order valence-electron chi connectivity index (χ1n) is 4.87. The largest absolute Gasteiger partial charge is 0.346 e. The van der Waals surface area contributed by atoms with Crippen molar-refractivity contribution in [3.8, 4) is 0 Å². The third kappa shape index (κ3) is 2.65. The molecule has 88 valence electrons. The highest BCUT2D eigenvalue weighted by atomic mass is 35.5. The van der Waals surface area contributed by atoms with Gasteiger partial charge in [0.1, 0.15) is 5.82 Å². The Morgan fingerprint density at radius 3 is 2.94 bits per heavy atom. The molecule has 0 saturated carbocycles. The predicted octanol–water partition coefficient (Wildman–Crippen LogP) is 3.52. The second kappa shape index (κ2) is 4.85. The minimum atomic E-state index is -0.320. The summed E-state index contributed by atoms with van der Waals surface area (Å²) >= 11 is 6.79. The van der Waals surface area contributed by atoms with E-state index in [0.29, 0.717) is 15.3 Å². The number of benzene rings is 1. The van der Waals surface area contributed by atoms with Crippen LogP contribution in [-0.4, -0.2) is 12.5 Å². The number of rotatable bonds is 3. The summed E-state index contributed by atoms with van der Waals surface area (Å²) in [5, 5.41) is 3.41. The lowest BCUT2D eigenvalue weighted by atomic mass is 10.2. The SMILES string of the molecule is C=C(Cl)CNC(=O)c1cc2c(F)cccc2s1. The van der Waals surface area contributed by atoms with Gasteiger partial charge in [-0.3, -0.25) is 4.79 Å². The molecule has 1 aromatic carbocycles. The predicted molar refractivity (Wildman–Crippen MR) is 69.1 cm³/mol. The molecule has 2 rings (SSSR count). The summed E-state index contributed by atoms with van der Waals surface area (Å²) in [5.74, 6) is -0.591. The average molecular weight is 270 g/mol. The number of halogens is 2. The van der Waals surface area contributed by atoms with Gasteiger partial charge in [0.15, 0.2) is 0 Å². The fourth-order valence-electron chi connectivity index (χ4n) is 1.40. The molecule has 1 heterocycles. The van der Waals surface area contributed by atoms with Crippen LogP contribution < -0.4 is 5.32 Å². The molecule has 0 aliphatic carbocycles. The lowest BCUT2D eigenvalue weighted by Crippen LogP contribution is -2.23. The van der Waals surface area contributed by atoms with Crippen molar-refractivity contribution in [1.82, 2.24) is 5.32 Å². The topological polar surface area (TPSA) is 29.1 Å². The molecule has 2 aromatic rings. The summed E-state index contributed by atoms with van der Waals surface area (Å²) in [6, 6.07) is 6.32. The van der Waals surface area contributed by atoms with E-state index in [9.17, 15) is 9.18 Å². The van der Waals surface area contributed by atoms with E-state index in [1.54, 1.807) is 18.2 Å². The zero-order chi connectivity index (χ0) is 12.4. The zero-order valence-corrected chi connectivity index (χ0v) is 10.4. The van der Waals surface area contributed by atoms with Crippen molar-refractivity contribution in [1.29, 1.82) is 0 Å². The molecule has 0 aliphatic heterocycles. The zero-order valence-electron chi connectivity index (χ0n) is 8.80. The van der Waals surface area contributed by atoms with Crippen molar-refractivity contribution in [2.45, 2.75) is 0 Å². The van der Waals surface area contributed by atoms with Gasteiger partial charge in [-0.2, -0.15) is 0 Å². The highest BCUT2D eigenvalue weighted by Gasteiger charge is 2.11. The molecule has 0 bridgehead atoms. The van der Waals surface area contributed by atoms with Gasteiger partial charge >= 0.3 is 0 Å². The Balaban J connectivity index is 2.27. The third-order valence-corrected chi connectivity index (χ3v) is 3.41. The van der Waals surface area contributed by atoms with Gasteiger partial charge in [0.05, 0.1) is 11.4 Å². The first kappa shape index (κ1) is 12.1. The van der Waals surface area contributed by atoms with Gasteiger partial charge in [-0.25, -0.2) is 4.39 Å². The molecule has 0 aliphatic rings. The molecule has 0 spiro atoms. The maximum atomic E-state index is 13.4. The van der Waals surface area contributed by atoms with Crippen LogP contribution in [-0.2, 0) is 0 Å². The highest BCUT2D eigenvalue weighted by molar-refractivity contribution is 7.20. The average Bonchev–Trinajstić information content (AvgIpc) is 2.71. The molecule has 0 unspecified atom stereocenters. The van der Waals surface area contributed by atoms with E-state index in [2.05, 4.69) is 11.9 Å². The second-order valence-electron chi connectivity index (χ2n) is 3.46. The minimum Gasteiger partial charge on any atom is -0.346 e. The Kier molecular flexibility index (Phi) is 3.45. The van der Waals surface area contributed by atoms with Crippen LogP contribution in [0.5, 0.6) is 0 Å². The van der Waals surface area contributed by atoms with E-state index in [1.165, 1.54) is 17.4 Å². The monoisotopic (exact) mass is 269 g/mol. The van der Waals surface area contributed by atoms with Gasteiger partial charge in [0.2, 0.25) is 0 Å². The van der Waals surface area contributed by atoms with E-state index in [1.807, 2.05) is 0 Å². The molecule has 0 radical (unpaired) electrons. The van der Waals surface area contributed by atoms with Crippen LogP contribution in [0.4, 0.5) is 4.39 Å². The number of fused-ring (bicyclic) bond motifs is 1. The fraction of sp³-hybridized carbons (Fsp3) is 0.0833. The van der Waals surface area contributed by atoms with E-state index < -0.39 is 0 Å². The molecule has 1 amide bonds. The van der Waals surface area contributed by atoms with Crippen molar-refractivity contribution < 1.29 is 9.18 Å². The molecule has 17 heavy (non-hydrogen) atoms. The second-order valence-corrected chi connectivity index (χ2v) is 5.08. The lowest BCUT2D eigenvalue weighted by molar-refractivity contribution is 0.0961. The summed E-state index contributed by atoms with van der Waals surface area (Å²) in [7, 11) is 0. The lowest BCUT2D eigenvalue weighted by Gasteiger charge is -1.99.